The molecule has 3 nitrogen and oxygen atoms in total. The quantitative estimate of drug-likeness (QED) is 0.561. The Morgan fingerprint density at radius 3 is 2.91 bits per heavy atom. The molecule has 1 fully saturated rings. The van der Waals surface area contributed by atoms with E-state index in [4.69, 9.17) is 5.73 Å². The van der Waals surface area contributed by atoms with Crippen molar-refractivity contribution in [2.45, 2.75) is 18.9 Å². The molecular weight excluding hydrogens is 140 g/mol. The zero-order valence-corrected chi connectivity index (χ0v) is 6.55. The van der Waals surface area contributed by atoms with Crippen LogP contribution in [0.15, 0.2) is 12.7 Å². The largest absolute Gasteiger partial charge is 0.351 e. The van der Waals surface area contributed by atoms with Gasteiger partial charge in [-0.3, -0.25) is 4.79 Å². The molecule has 1 rings (SSSR count). The summed E-state index contributed by atoms with van der Waals surface area (Å²) in [6.45, 7) is 3.93. The average Bonchev–Trinajstić information content (AvgIpc) is 2.81. The Morgan fingerprint density at radius 1 is 1.82 bits per heavy atom. The van der Waals surface area contributed by atoms with Crippen LogP contribution in [0.4, 0.5) is 0 Å². The van der Waals surface area contributed by atoms with Gasteiger partial charge in [-0.15, -0.1) is 0 Å². The Morgan fingerprint density at radius 2 is 2.45 bits per heavy atom. The van der Waals surface area contributed by atoms with Crippen LogP contribution < -0.4 is 11.1 Å². The van der Waals surface area contributed by atoms with Gasteiger partial charge in [0.15, 0.2) is 0 Å². The zero-order valence-electron chi connectivity index (χ0n) is 6.55. The number of hydrogen-bond donors (Lipinski definition) is 2. The van der Waals surface area contributed by atoms with Gasteiger partial charge in [0.05, 0.1) is 0 Å². The highest BCUT2D eigenvalue weighted by atomic mass is 16.1. The minimum atomic E-state index is -0.138. The van der Waals surface area contributed by atoms with Crippen LogP contribution in [0.5, 0.6) is 0 Å². The molecule has 0 aromatic heterocycles. The molecule has 0 heterocycles. The number of rotatable bonds is 4. The molecule has 3 heteroatoms. The summed E-state index contributed by atoms with van der Waals surface area (Å²) < 4.78 is 0. The molecule has 62 valence electrons. The second kappa shape index (κ2) is 3.53. The van der Waals surface area contributed by atoms with E-state index < -0.39 is 0 Å². The molecule has 1 atom stereocenters. The second-order valence-electron chi connectivity index (χ2n) is 2.95. The summed E-state index contributed by atoms with van der Waals surface area (Å²) in [5.74, 6) is 0.501. The summed E-state index contributed by atoms with van der Waals surface area (Å²) in [7, 11) is 0. The van der Waals surface area contributed by atoms with Gasteiger partial charge in [0.1, 0.15) is 0 Å². The van der Waals surface area contributed by atoms with Gasteiger partial charge in [-0.2, -0.15) is 0 Å². The first-order chi connectivity index (χ1) is 5.24. The molecule has 0 aliphatic heterocycles. The van der Waals surface area contributed by atoms with Crippen molar-refractivity contribution in [2.24, 2.45) is 11.7 Å². The molecule has 0 radical (unpaired) electrons. The van der Waals surface area contributed by atoms with Crippen LogP contribution in [0.25, 0.3) is 0 Å². The van der Waals surface area contributed by atoms with Crippen LogP contribution in [0, 0.1) is 5.92 Å². The van der Waals surface area contributed by atoms with Crippen LogP contribution in [0.2, 0.25) is 0 Å². The lowest BCUT2D eigenvalue weighted by atomic mass is 10.2. The third-order valence-electron chi connectivity index (χ3n) is 1.92. The van der Waals surface area contributed by atoms with Crippen molar-refractivity contribution >= 4 is 5.91 Å². The Kier molecular flexibility index (Phi) is 2.65. The van der Waals surface area contributed by atoms with Gasteiger partial charge in [-0.1, -0.05) is 6.58 Å². The van der Waals surface area contributed by atoms with Gasteiger partial charge < -0.3 is 11.1 Å². The SMILES string of the molecule is C=CC(=O)NCC(N)C1CC1. The predicted octanol–water partition coefficient (Wildman–Crippen LogP) is 0.0259. The fourth-order valence-corrected chi connectivity index (χ4v) is 0.982. The molecule has 3 N–H and O–H groups in total. The summed E-state index contributed by atoms with van der Waals surface area (Å²) >= 11 is 0. The highest BCUT2D eigenvalue weighted by molar-refractivity contribution is 5.86. The minimum Gasteiger partial charge on any atom is -0.351 e. The lowest BCUT2D eigenvalue weighted by Crippen LogP contribution is -2.37. The molecular formula is C8H14N2O. The molecule has 1 unspecified atom stereocenters. The number of carbonyl (C=O) groups excluding carboxylic acids is 1. The zero-order chi connectivity index (χ0) is 8.27. The molecule has 11 heavy (non-hydrogen) atoms. The molecule has 0 saturated heterocycles. The van der Waals surface area contributed by atoms with Crippen molar-refractivity contribution in [3.05, 3.63) is 12.7 Å². The molecule has 1 aliphatic carbocycles. The van der Waals surface area contributed by atoms with E-state index in [2.05, 4.69) is 11.9 Å². The molecule has 0 spiro atoms. The highest BCUT2D eigenvalue weighted by Crippen LogP contribution is 2.31. The van der Waals surface area contributed by atoms with Gasteiger partial charge in [-0.05, 0) is 24.8 Å². The molecule has 0 aromatic carbocycles. The third kappa shape index (κ3) is 2.72. The average molecular weight is 154 g/mol. The minimum absolute atomic E-state index is 0.138. The summed E-state index contributed by atoms with van der Waals surface area (Å²) in [4.78, 5) is 10.7. The first-order valence-corrected chi connectivity index (χ1v) is 3.90. The van der Waals surface area contributed by atoms with E-state index in [1.165, 1.54) is 18.9 Å². The summed E-state index contributed by atoms with van der Waals surface area (Å²) in [5.41, 5.74) is 5.73. The standard InChI is InChI=1S/C8H14N2O/c1-2-8(11)10-5-7(9)6-3-4-6/h2,6-7H,1,3-5,9H2,(H,10,11). The lowest BCUT2D eigenvalue weighted by molar-refractivity contribution is -0.116. The first-order valence-electron chi connectivity index (χ1n) is 3.90. The predicted molar refractivity (Wildman–Crippen MR) is 43.9 cm³/mol. The number of carbonyl (C=O) groups is 1. The van der Waals surface area contributed by atoms with E-state index in [1.807, 2.05) is 0 Å². The monoisotopic (exact) mass is 154 g/mol. The van der Waals surface area contributed by atoms with Crippen LogP contribution in [-0.2, 0) is 4.79 Å². The van der Waals surface area contributed by atoms with Crippen molar-refractivity contribution in [1.29, 1.82) is 0 Å². The number of nitrogens with one attached hydrogen (secondary N) is 1. The van der Waals surface area contributed by atoms with Crippen molar-refractivity contribution < 1.29 is 4.79 Å². The Bertz CT molecular complexity index is 163. The van der Waals surface area contributed by atoms with E-state index in [0.717, 1.165) is 0 Å². The van der Waals surface area contributed by atoms with Gasteiger partial charge in [-0.25, -0.2) is 0 Å². The maximum Gasteiger partial charge on any atom is 0.243 e. The molecule has 1 aliphatic rings. The van der Waals surface area contributed by atoms with Crippen molar-refractivity contribution in [1.82, 2.24) is 5.32 Å². The van der Waals surface area contributed by atoms with Crippen LogP contribution >= 0.6 is 0 Å². The van der Waals surface area contributed by atoms with Crippen LogP contribution in [0.3, 0.4) is 0 Å². The number of hydrogen-bond acceptors (Lipinski definition) is 2. The molecule has 1 saturated carbocycles. The summed E-state index contributed by atoms with van der Waals surface area (Å²) in [5, 5.41) is 2.67. The van der Waals surface area contributed by atoms with E-state index >= 15 is 0 Å². The fraction of sp³-hybridized carbons (Fsp3) is 0.625. The van der Waals surface area contributed by atoms with Crippen molar-refractivity contribution in [3.63, 3.8) is 0 Å². The van der Waals surface area contributed by atoms with Crippen molar-refractivity contribution in [2.75, 3.05) is 6.54 Å². The topological polar surface area (TPSA) is 55.1 Å². The Hall–Kier alpha value is -0.830. The van der Waals surface area contributed by atoms with Gasteiger partial charge in [0.25, 0.3) is 0 Å². The maximum atomic E-state index is 10.7. The number of amides is 1. The van der Waals surface area contributed by atoms with Gasteiger partial charge in [0.2, 0.25) is 5.91 Å². The Balaban J connectivity index is 2.09. The van der Waals surface area contributed by atoms with E-state index in [0.29, 0.717) is 12.5 Å². The molecule has 0 aromatic rings. The smallest absolute Gasteiger partial charge is 0.243 e. The molecule has 1 amide bonds. The lowest BCUT2D eigenvalue weighted by Gasteiger charge is -2.09. The molecule has 0 bridgehead atoms. The highest BCUT2D eigenvalue weighted by Gasteiger charge is 2.28. The van der Waals surface area contributed by atoms with E-state index in [-0.39, 0.29) is 11.9 Å². The third-order valence-corrected chi connectivity index (χ3v) is 1.92. The fourth-order valence-electron chi connectivity index (χ4n) is 0.982. The van der Waals surface area contributed by atoms with Crippen LogP contribution in [0.1, 0.15) is 12.8 Å². The van der Waals surface area contributed by atoms with Crippen LogP contribution in [-0.4, -0.2) is 18.5 Å². The van der Waals surface area contributed by atoms with Gasteiger partial charge in [0, 0.05) is 12.6 Å². The maximum absolute atomic E-state index is 10.7. The number of nitrogens with two attached hydrogens (primary N) is 1. The van der Waals surface area contributed by atoms with Crippen molar-refractivity contribution in [3.8, 4) is 0 Å². The Labute approximate surface area is 66.6 Å². The second-order valence-corrected chi connectivity index (χ2v) is 2.95. The normalized spacial score (nSPS) is 19.0. The van der Waals surface area contributed by atoms with E-state index in [1.54, 1.807) is 0 Å². The first kappa shape index (κ1) is 8.27. The summed E-state index contributed by atoms with van der Waals surface area (Å²) in [6.07, 6.45) is 3.69. The van der Waals surface area contributed by atoms with Gasteiger partial charge >= 0.3 is 0 Å². The van der Waals surface area contributed by atoms with E-state index in [9.17, 15) is 4.79 Å². The summed E-state index contributed by atoms with van der Waals surface area (Å²) in [6, 6.07) is 0.138.